The Labute approximate surface area is 155 Å². The summed E-state index contributed by atoms with van der Waals surface area (Å²) in [6, 6.07) is 18.2. The SMILES string of the molecule is COc1cccc(CN2CCN(CC(=O)NCc3ccccc3)CC2)c1. The number of nitrogens with one attached hydrogen (secondary N) is 1. The molecule has 0 bridgehead atoms. The molecule has 1 aliphatic rings. The van der Waals surface area contributed by atoms with Gasteiger partial charge in [-0.25, -0.2) is 0 Å². The van der Waals surface area contributed by atoms with Crippen molar-refractivity contribution in [2.24, 2.45) is 0 Å². The van der Waals surface area contributed by atoms with E-state index in [-0.39, 0.29) is 5.91 Å². The Morgan fingerprint density at radius 1 is 0.962 bits per heavy atom. The largest absolute Gasteiger partial charge is 0.497 e. The maximum atomic E-state index is 12.1. The van der Waals surface area contributed by atoms with Crippen molar-refractivity contribution in [1.29, 1.82) is 0 Å². The molecule has 0 atom stereocenters. The summed E-state index contributed by atoms with van der Waals surface area (Å²) in [6.07, 6.45) is 0. The second-order valence-electron chi connectivity index (χ2n) is 6.67. The zero-order valence-electron chi connectivity index (χ0n) is 15.4. The van der Waals surface area contributed by atoms with E-state index >= 15 is 0 Å². The standard InChI is InChI=1S/C21H27N3O2/c1-26-20-9-5-8-19(14-20)16-23-10-12-24(13-11-23)17-21(25)22-15-18-6-3-2-4-7-18/h2-9,14H,10-13,15-17H2,1H3,(H,22,25). The number of amides is 1. The van der Waals surface area contributed by atoms with Gasteiger partial charge in [0.05, 0.1) is 13.7 Å². The number of carbonyl (C=O) groups excluding carboxylic acids is 1. The predicted octanol–water partition coefficient (Wildman–Crippen LogP) is 2.13. The molecule has 1 saturated heterocycles. The van der Waals surface area contributed by atoms with Crippen molar-refractivity contribution in [3.8, 4) is 5.75 Å². The first-order valence-corrected chi connectivity index (χ1v) is 9.11. The van der Waals surface area contributed by atoms with E-state index in [2.05, 4.69) is 27.2 Å². The van der Waals surface area contributed by atoms with E-state index in [1.165, 1.54) is 5.56 Å². The third-order valence-electron chi connectivity index (χ3n) is 4.70. The van der Waals surface area contributed by atoms with Crippen molar-refractivity contribution in [2.45, 2.75) is 13.1 Å². The van der Waals surface area contributed by atoms with E-state index < -0.39 is 0 Å². The molecule has 1 amide bonds. The topological polar surface area (TPSA) is 44.8 Å². The molecule has 1 heterocycles. The third kappa shape index (κ3) is 5.58. The van der Waals surface area contributed by atoms with Crippen molar-refractivity contribution in [3.63, 3.8) is 0 Å². The van der Waals surface area contributed by atoms with Crippen molar-refractivity contribution in [3.05, 3.63) is 65.7 Å². The number of hydrogen-bond donors (Lipinski definition) is 1. The van der Waals surface area contributed by atoms with Crippen LogP contribution in [0.5, 0.6) is 5.75 Å². The van der Waals surface area contributed by atoms with Crippen molar-refractivity contribution in [2.75, 3.05) is 39.8 Å². The predicted molar refractivity (Wildman–Crippen MR) is 103 cm³/mol. The molecular formula is C21H27N3O2. The molecule has 1 aliphatic heterocycles. The number of ether oxygens (including phenoxy) is 1. The second kappa shape index (κ2) is 9.36. The van der Waals surface area contributed by atoms with Gasteiger partial charge in [0.25, 0.3) is 0 Å². The number of methoxy groups -OCH3 is 1. The monoisotopic (exact) mass is 353 g/mol. The normalized spacial score (nSPS) is 15.6. The first-order valence-electron chi connectivity index (χ1n) is 9.11. The highest BCUT2D eigenvalue weighted by molar-refractivity contribution is 5.78. The zero-order chi connectivity index (χ0) is 18.2. The molecule has 1 fully saturated rings. The van der Waals surface area contributed by atoms with Crippen molar-refractivity contribution >= 4 is 5.91 Å². The minimum Gasteiger partial charge on any atom is -0.497 e. The quantitative estimate of drug-likeness (QED) is 0.828. The fourth-order valence-corrected chi connectivity index (χ4v) is 3.19. The lowest BCUT2D eigenvalue weighted by atomic mass is 10.2. The molecule has 0 unspecified atom stereocenters. The van der Waals surface area contributed by atoms with Crippen LogP contribution in [-0.4, -0.2) is 55.5 Å². The van der Waals surface area contributed by atoms with Gasteiger partial charge < -0.3 is 10.1 Å². The molecule has 0 radical (unpaired) electrons. The van der Waals surface area contributed by atoms with E-state index in [1.54, 1.807) is 7.11 Å². The number of hydrogen-bond acceptors (Lipinski definition) is 4. The molecule has 5 nitrogen and oxygen atoms in total. The van der Waals surface area contributed by atoms with E-state index in [0.29, 0.717) is 13.1 Å². The van der Waals surface area contributed by atoms with Gasteiger partial charge in [-0.3, -0.25) is 14.6 Å². The molecule has 3 rings (SSSR count). The molecule has 2 aromatic carbocycles. The summed E-state index contributed by atoms with van der Waals surface area (Å²) in [5.41, 5.74) is 2.39. The van der Waals surface area contributed by atoms with Crippen LogP contribution in [-0.2, 0) is 17.9 Å². The van der Waals surface area contributed by atoms with Crippen LogP contribution in [0.2, 0.25) is 0 Å². The van der Waals surface area contributed by atoms with E-state index in [0.717, 1.165) is 44.0 Å². The summed E-state index contributed by atoms with van der Waals surface area (Å²) in [5, 5.41) is 3.00. The Bertz CT molecular complexity index is 697. The van der Waals surface area contributed by atoms with Gasteiger partial charge in [0, 0.05) is 39.3 Å². The van der Waals surface area contributed by atoms with Gasteiger partial charge in [0.1, 0.15) is 5.75 Å². The molecule has 1 N–H and O–H groups in total. The van der Waals surface area contributed by atoms with Crippen molar-refractivity contribution in [1.82, 2.24) is 15.1 Å². The first kappa shape index (κ1) is 18.4. The van der Waals surface area contributed by atoms with Crippen LogP contribution in [0, 0.1) is 0 Å². The number of piperazine rings is 1. The maximum Gasteiger partial charge on any atom is 0.234 e. The minimum atomic E-state index is 0.0927. The number of carbonyl (C=O) groups is 1. The molecular weight excluding hydrogens is 326 g/mol. The molecule has 138 valence electrons. The molecule has 0 saturated carbocycles. The molecule has 0 aromatic heterocycles. The molecule has 5 heteroatoms. The third-order valence-corrected chi connectivity index (χ3v) is 4.70. The highest BCUT2D eigenvalue weighted by Crippen LogP contribution is 2.15. The minimum absolute atomic E-state index is 0.0927. The molecule has 2 aromatic rings. The van der Waals surface area contributed by atoms with Crippen LogP contribution in [0.15, 0.2) is 54.6 Å². The van der Waals surface area contributed by atoms with E-state index in [1.807, 2.05) is 42.5 Å². The molecule has 26 heavy (non-hydrogen) atoms. The van der Waals surface area contributed by atoms with Gasteiger partial charge in [-0.05, 0) is 23.3 Å². The summed E-state index contributed by atoms with van der Waals surface area (Å²) < 4.78 is 5.29. The van der Waals surface area contributed by atoms with Gasteiger partial charge in [-0.2, -0.15) is 0 Å². The van der Waals surface area contributed by atoms with Gasteiger partial charge in [0.2, 0.25) is 5.91 Å². The fraction of sp³-hybridized carbons (Fsp3) is 0.381. The lowest BCUT2D eigenvalue weighted by Crippen LogP contribution is -2.49. The fourth-order valence-electron chi connectivity index (χ4n) is 3.19. The van der Waals surface area contributed by atoms with Crippen molar-refractivity contribution < 1.29 is 9.53 Å². The smallest absolute Gasteiger partial charge is 0.234 e. The number of nitrogens with zero attached hydrogens (tertiary/aromatic N) is 2. The Kier molecular flexibility index (Phi) is 6.63. The van der Waals surface area contributed by atoms with Crippen LogP contribution < -0.4 is 10.1 Å². The van der Waals surface area contributed by atoms with Gasteiger partial charge in [-0.15, -0.1) is 0 Å². The number of rotatable bonds is 7. The lowest BCUT2D eigenvalue weighted by molar-refractivity contribution is -0.122. The van der Waals surface area contributed by atoms with Crippen LogP contribution in [0.1, 0.15) is 11.1 Å². The Morgan fingerprint density at radius 3 is 2.38 bits per heavy atom. The highest BCUT2D eigenvalue weighted by Gasteiger charge is 2.19. The Balaban J connectivity index is 1.38. The van der Waals surface area contributed by atoms with Gasteiger partial charge in [-0.1, -0.05) is 42.5 Å². The zero-order valence-corrected chi connectivity index (χ0v) is 15.4. The maximum absolute atomic E-state index is 12.1. The lowest BCUT2D eigenvalue weighted by Gasteiger charge is -2.34. The second-order valence-corrected chi connectivity index (χ2v) is 6.67. The van der Waals surface area contributed by atoms with E-state index in [4.69, 9.17) is 4.74 Å². The van der Waals surface area contributed by atoms with Crippen LogP contribution in [0.3, 0.4) is 0 Å². The average Bonchev–Trinajstić information content (AvgIpc) is 2.69. The summed E-state index contributed by atoms with van der Waals surface area (Å²) >= 11 is 0. The highest BCUT2D eigenvalue weighted by atomic mass is 16.5. The number of benzene rings is 2. The molecule has 0 aliphatic carbocycles. The summed E-state index contributed by atoms with van der Waals surface area (Å²) in [4.78, 5) is 16.8. The van der Waals surface area contributed by atoms with Crippen LogP contribution in [0.4, 0.5) is 0 Å². The summed E-state index contributed by atoms with van der Waals surface area (Å²) in [7, 11) is 1.70. The molecule has 0 spiro atoms. The Hall–Kier alpha value is -2.37. The van der Waals surface area contributed by atoms with E-state index in [9.17, 15) is 4.79 Å². The van der Waals surface area contributed by atoms with Crippen LogP contribution >= 0.6 is 0 Å². The first-order chi connectivity index (χ1) is 12.7. The summed E-state index contributed by atoms with van der Waals surface area (Å²) in [5.74, 6) is 0.992. The van der Waals surface area contributed by atoms with Crippen LogP contribution in [0.25, 0.3) is 0 Å². The van der Waals surface area contributed by atoms with Gasteiger partial charge >= 0.3 is 0 Å². The summed E-state index contributed by atoms with van der Waals surface area (Å²) in [6.45, 7) is 5.78. The Morgan fingerprint density at radius 2 is 1.65 bits per heavy atom. The van der Waals surface area contributed by atoms with Gasteiger partial charge in [0.15, 0.2) is 0 Å². The average molecular weight is 353 g/mol.